The summed E-state index contributed by atoms with van der Waals surface area (Å²) in [5, 5.41) is 0. The van der Waals surface area contributed by atoms with Crippen molar-refractivity contribution in [1.82, 2.24) is 9.80 Å². The highest BCUT2D eigenvalue weighted by molar-refractivity contribution is 5.94. The van der Waals surface area contributed by atoms with Crippen LogP contribution in [0.2, 0.25) is 0 Å². The molecule has 1 aliphatic rings. The zero-order valence-electron chi connectivity index (χ0n) is 16.7. The van der Waals surface area contributed by atoms with Crippen LogP contribution in [0.3, 0.4) is 0 Å². The number of hydrogen-bond acceptors (Lipinski definition) is 3. The van der Waals surface area contributed by atoms with E-state index in [4.69, 9.17) is 4.74 Å². The summed E-state index contributed by atoms with van der Waals surface area (Å²) in [6.07, 6.45) is 3.20. The maximum absolute atomic E-state index is 13.0. The molecule has 2 aromatic carbocycles. The smallest absolute Gasteiger partial charge is 0.253 e. The van der Waals surface area contributed by atoms with Gasteiger partial charge in [-0.3, -0.25) is 4.79 Å². The van der Waals surface area contributed by atoms with Crippen molar-refractivity contribution in [3.05, 3.63) is 65.5 Å². The highest BCUT2D eigenvalue weighted by Crippen LogP contribution is 2.21. The Bertz CT molecular complexity index is 770. The standard InChI is InChI=1S/C23H29FN2O2/c1-3-13-26-14-11-21(12-15-26)25(2)23(27)19-5-4-6-22(16-19)28-17-18-7-9-20(24)10-8-18/h4-10,16,21H,3,11-15,17H2,1-2H3. The zero-order valence-corrected chi connectivity index (χ0v) is 16.7. The van der Waals surface area contributed by atoms with Crippen LogP contribution in [0.4, 0.5) is 4.39 Å². The molecule has 0 unspecified atom stereocenters. The van der Waals surface area contributed by atoms with Crippen LogP contribution in [0.1, 0.15) is 42.1 Å². The molecular formula is C23H29FN2O2. The Balaban J connectivity index is 1.58. The molecule has 0 aliphatic carbocycles. The second kappa shape index (κ2) is 9.69. The third-order valence-electron chi connectivity index (χ3n) is 5.36. The molecule has 0 atom stereocenters. The molecule has 0 saturated carbocycles. The number of ether oxygens (including phenoxy) is 1. The van der Waals surface area contributed by atoms with Crippen LogP contribution in [0.15, 0.2) is 48.5 Å². The molecule has 1 heterocycles. The van der Waals surface area contributed by atoms with Crippen LogP contribution in [-0.4, -0.2) is 48.4 Å². The van der Waals surface area contributed by atoms with E-state index < -0.39 is 0 Å². The summed E-state index contributed by atoms with van der Waals surface area (Å²) in [6, 6.07) is 13.8. The van der Waals surface area contributed by atoms with E-state index in [0.717, 1.165) is 38.0 Å². The van der Waals surface area contributed by atoms with Crippen molar-refractivity contribution in [3.8, 4) is 5.75 Å². The topological polar surface area (TPSA) is 32.8 Å². The molecule has 150 valence electrons. The summed E-state index contributed by atoms with van der Waals surface area (Å²) >= 11 is 0. The van der Waals surface area contributed by atoms with Gasteiger partial charge in [0, 0.05) is 31.7 Å². The van der Waals surface area contributed by atoms with E-state index in [9.17, 15) is 9.18 Å². The first-order valence-electron chi connectivity index (χ1n) is 10.0. The molecule has 1 amide bonds. The lowest BCUT2D eigenvalue weighted by atomic mass is 10.0. The summed E-state index contributed by atoms with van der Waals surface area (Å²) < 4.78 is 18.8. The lowest BCUT2D eigenvalue weighted by molar-refractivity contribution is 0.0642. The second-order valence-electron chi connectivity index (χ2n) is 7.43. The fourth-order valence-corrected chi connectivity index (χ4v) is 3.68. The molecule has 4 nitrogen and oxygen atoms in total. The van der Waals surface area contributed by atoms with E-state index in [0.29, 0.717) is 17.9 Å². The van der Waals surface area contributed by atoms with Crippen LogP contribution in [0, 0.1) is 5.82 Å². The van der Waals surface area contributed by atoms with Gasteiger partial charge in [-0.05, 0) is 61.7 Å². The fraction of sp³-hybridized carbons (Fsp3) is 0.435. The average molecular weight is 384 g/mol. The Hall–Kier alpha value is -2.40. The number of likely N-dealkylation sites (tertiary alicyclic amines) is 1. The Morgan fingerprint density at radius 3 is 2.57 bits per heavy atom. The van der Waals surface area contributed by atoms with Crippen molar-refractivity contribution >= 4 is 5.91 Å². The summed E-state index contributed by atoms with van der Waals surface area (Å²) in [6.45, 7) is 5.78. The first kappa shape index (κ1) is 20.3. The van der Waals surface area contributed by atoms with E-state index >= 15 is 0 Å². The highest BCUT2D eigenvalue weighted by atomic mass is 19.1. The van der Waals surface area contributed by atoms with E-state index in [1.165, 1.54) is 18.6 Å². The molecular weight excluding hydrogens is 355 g/mol. The normalized spacial score (nSPS) is 15.4. The molecule has 1 fully saturated rings. The molecule has 1 aliphatic heterocycles. The van der Waals surface area contributed by atoms with Gasteiger partial charge in [0.15, 0.2) is 0 Å². The summed E-state index contributed by atoms with van der Waals surface area (Å²) in [4.78, 5) is 17.3. The Morgan fingerprint density at radius 2 is 1.89 bits per heavy atom. The summed E-state index contributed by atoms with van der Waals surface area (Å²) in [5.74, 6) is 0.405. The first-order valence-corrected chi connectivity index (χ1v) is 10.0. The predicted octanol–water partition coefficient (Wildman–Crippen LogP) is 4.35. The van der Waals surface area contributed by atoms with Crippen molar-refractivity contribution < 1.29 is 13.9 Å². The zero-order chi connectivity index (χ0) is 19.9. The highest BCUT2D eigenvalue weighted by Gasteiger charge is 2.25. The number of rotatable bonds is 7. The number of piperidine rings is 1. The molecule has 0 aromatic heterocycles. The third kappa shape index (κ3) is 5.32. The van der Waals surface area contributed by atoms with Crippen molar-refractivity contribution in [2.24, 2.45) is 0 Å². The lowest BCUT2D eigenvalue weighted by Gasteiger charge is -2.36. The number of hydrogen-bond donors (Lipinski definition) is 0. The molecule has 3 rings (SSSR count). The predicted molar refractivity (Wildman–Crippen MR) is 109 cm³/mol. The minimum atomic E-state index is -0.264. The van der Waals surface area contributed by atoms with Crippen LogP contribution in [0.5, 0.6) is 5.75 Å². The molecule has 0 bridgehead atoms. The van der Waals surface area contributed by atoms with Crippen molar-refractivity contribution in [2.75, 3.05) is 26.7 Å². The van der Waals surface area contributed by atoms with Crippen LogP contribution >= 0.6 is 0 Å². The van der Waals surface area contributed by atoms with E-state index in [-0.39, 0.29) is 17.8 Å². The van der Waals surface area contributed by atoms with Gasteiger partial charge >= 0.3 is 0 Å². The van der Waals surface area contributed by atoms with E-state index in [1.54, 1.807) is 18.2 Å². The number of nitrogens with zero attached hydrogens (tertiary/aromatic N) is 2. The van der Waals surface area contributed by atoms with Gasteiger partial charge in [0.1, 0.15) is 18.2 Å². The van der Waals surface area contributed by atoms with Crippen LogP contribution in [-0.2, 0) is 6.61 Å². The van der Waals surface area contributed by atoms with Gasteiger partial charge in [-0.15, -0.1) is 0 Å². The number of amides is 1. The van der Waals surface area contributed by atoms with Gasteiger partial charge < -0.3 is 14.5 Å². The lowest BCUT2D eigenvalue weighted by Crippen LogP contribution is -2.45. The van der Waals surface area contributed by atoms with Crippen LogP contribution in [0.25, 0.3) is 0 Å². The first-order chi connectivity index (χ1) is 13.6. The minimum Gasteiger partial charge on any atom is -0.489 e. The van der Waals surface area contributed by atoms with Gasteiger partial charge in [0.2, 0.25) is 0 Å². The van der Waals surface area contributed by atoms with Crippen molar-refractivity contribution in [3.63, 3.8) is 0 Å². The Morgan fingerprint density at radius 1 is 1.18 bits per heavy atom. The van der Waals surface area contributed by atoms with Gasteiger partial charge in [0.05, 0.1) is 0 Å². The number of halogens is 1. The summed E-state index contributed by atoms with van der Waals surface area (Å²) in [7, 11) is 1.90. The van der Waals surface area contributed by atoms with Crippen molar-refractivity contribution in [1.29, 1.82) is 0 Å². The molecule has 0 radical (unpaired) electrons. The van der Waals surface area contributed by atoms with E-state index in [1.807, 2.05) is 30.1 Å². The number of benzene rings is 2. The monoisotopic (exact) mass is 384 g/mol. The summed E-state index contributed by atoms with van der Waals surface area (Å²) in [5.41, 5.74) is 1.52. The van der Waals surface area contributed by atoms with Crippen molar-refractivity contribution in [2.45, 2.75) is 38.8 Å². The Kier molecular flexibility index (Phi) is 7.04. The molecule has 0 spiro atoms. The van der Waals surface area contributed by atoms with Crippen LogP contribution < -0.4 is 4.74 Å². The maximum atomic E-state index is 13.0. The number of carbonyl (C=O) groups excluding carboxylic acids is 1. The van der Waals surface area contributed by atoms with Gasteiger partial charge in [-0.2, -0.15) is 0 Å². The molecule has 1 saturated heterocycles. The maximum Gasteiger partial charge on any atom is 0.253 e. The third-order valence-corrected chi connectivity index (χ3v) is 5.36. The van der Waals surface area contributed by atoms with Gasteiger partial charge in [0.25, 0.3) is 5.91 Å². The second-order valence-corrected chi connectivity index (χ2v) is 7.43. The van der Waals surface area contributed by atoms with Gasteiger partial charge in [-0.1, -0.05) is 25.1 Å². The molecule has 0 N–H and O–H groups in total. The molecule has 2 aromatic rings. The molecule has 5 heteroatoms. The SMILES string of the molecule is CCCN1CCC(N(C)C(=O)c2cccc(OCc3ccc(F)cc3)c2)CC1. The fourth-order valence-electron chi connectivity index (χ4n) is 3.68. The van der Waals surface area contributed by atoms with E-state index in [2.05, 4.69) is 11.8 Å². The largest absolute Gasteiger partial charge is 0.489 e. The average Bonchev–Trinajstić information content (AvgIpc) is 2.73. The van der Waals surface area contributed by atoms with Gasteiger partial charge in [-0.25, -0.2) is 4.39 Å². The minimum absolute atomic E-state index is 0.0289. The Labute approximate surface area is 166 Å². The quantitative estimate of drug-likeness (QED) is 0.711. The number of carbonyl (C=O) groups is 1. The molecule has 28 heavy (non-hydrogen) atoms.